The van der Waals surface area contributed by atoms with Crippen LogP contribution in [0.25, 0.3) is 33.5 Å². The van der Waals surface area contributed by atoms with Gasteiger partial charge in [0.15, 0.2) is 29.3 Å². The Morgan fingerprint density at radius 1 is 0.516 bits per heavy atom. The van der Waals surface area contributed by atoms with Crippen LogP contribution < -0.4 is 9.80 Å². The molecule has 2 N–H and O–H groups in total. The summed E-state index contributed by atoms with van der Waals surface area (Å²) < 4.78 is 108. The molecule has 514 valence electrons. The average molecular weight is 1430 g/mol. The largest absolute Gasteiger partial charge is 0.420 e. The molecule has 8 atom stereocenters. The van der Waals surface area contributed by atoms with Crippen molar-refractivity contribution in [3.05, 3.63) is 82.4 Å². The molecule has 16 nitrogen and oxygen atoms in total. The Labute approximate surface area is 557 Å². The third-order valence-corrected chi connectivity index (χ3v) is 26.2. The third-order valence-electron chi connectivity index (χ3n) is 18.6. The van der Waals surface area contributed by atoms with Gasteiger partial charge in [0.25, 0.3) is 0 Å². The van der Waals surface area contributed by atoms with Gasteiger partial charge in [-0.3, -0.25) is 9.97 Å². The van der Waals surface area contributed by atoms with E-state index in [-0.39, 0.29) is 5.92 Å². The summed E-state index contributed by atoms with van der Waals surface area (Å²) in [6.45, 7) is 31.9. The molecule has 0 spiro atoms. The fraction of sp³-hybridized carbons (Fsp3) is 0.667. The Balaban J connectivity index is 0.000000219. The van der Waals surface area contributed by atoms with Gasteiger partial charge in [0.1, 0.15) is 32.7 Å². The number of aliphatic hydroxyl groups is 2. The Kier molecular flexibility index (Phi) is 23.8. The van der Waals surface area contributed by atoms with Crippen molar-refractivity contribution in [3.8, 4) is 22.3 Å². The molecular formula is C66H99BrF6N10O6Si4. The van der Waals surface area contributed by atoms with Crippen LogP contribution in [0, 0.1) is 23.7 Å². The third kappa shape index (κ3) is 20.0. The van der Waals surface area contributed by atoms with E-state index in [1.54, 1.807) is 27.5 Å². The first-order chi connectivity index (χ1) is 43.6. The van der Waals surface area contributed by atoms with Gasteiger partial charge in [0.2, 0.25) is 0 Å². The summed E-state index contributed by atoms with van der Waals surface area (Å²) in [7, 11) is -5.16. The number of aromatic nitrogens is 8. The Morgan fingerprint density at radius 2 is 0.892 bits per heavy atom. The smallest absolute Gasteiger partial charge is 0.378 e. The van der Waals surface area contributed by atoms with Crippen molar-refractivity contribution >= 4 is 71.2 Å². The van der Waals surface area contributed by atoms with Gasteiger partial charge in [0.05, 0.1) is 33.9 Å². The highest BCUT2D eigenvalue weighted by Gasteiger charge is 2.43. The molecular weight excluding hydrogens is 1340 g/mol. The topological polar surface area (TPSA) is 170 Å². The molecule has 0 saturated heterocycles. The lowest BCUT2D eigenvalue weighted by molar-refractivity contribution is -0.208. The van der Waals surface area contributed by atoms with Crippen LogP contribution in [0.15, 0.2) is 59.6 Å². The number of alkyl halides is 6. The standard InChI is InChI=1S/C33H49BrF3N5O3Si2.C33H50F3N5O3Si2/c1-46(2,3)13-11-44-20-41(21-45-12-14-47(4,5)6)32-28(34)29(25-16-22-7-8-23(15-22)17-25)40-31-26(19-39-42(31)32)24-9-10-27(38-18-24)30(43)33(35,36)37;1-45(2,3)13-11-43-21-40(22-44-12-14-46(4,5)6)30-18-29(26-16-23-7-8-24(15-23)17-26)39-32-27(20-38-41(30)32)25-9-10-28(37-19-25)31(42)33(34,35)36/h9-10,18-19,22-23,25,30,43H,7-8,11-17,20-21H2,1-6H3;9-10,18-20,23-24,26,31,42H,7-8,11-17,21-22H2,1-6H3/t22-,23+,25?,30?;23-,24+,26?,31?. The Hall–Kier alpha value is -4.17. The monoisotopic (exact) mass is 1430 g/mol. The highest BCUT2D eigenvalue weighted by atomic mass is 79.9. The van der Waals surface area contributed by atoms with E-state index in [0.29, 0.717) is 105 Å². The van der Waals surface area contributed by atoms with Crippen molar-refractivity contribution in [1.29, 1.82) is 0 Å². The second-order valence-corrected chi connectivity index (χ2v) is 54.8. The van der Waals surface area contributed by atoms with E-state index in [0.717, 1.165) is 89.2 Å². The first-order valence-electron chi connectivity index (χ1n) is 33.3. The SMILES string of the molecule is C[Si](C)(C)CCOCN(COCC[Si](C)(C)C)c1c(Br)c(C2C[C@H]3CC[C@@H](C2)C3)nc2c(-c3ccc(C(O)C(F)(F)F)nc3)cnn12.C[Si](C)(C)CCOCN(COCC[Si](C)(C)C)c1cc(C2C[C@H]3CC[C@@H](C2)C3)nc2c(-c3ccc(C(O)C(F)(F)F)nc3)cnn12. The van der Waals surface area contributed by atoms with Crippen molar-refractivity contribution in [1.82, 2.24) is 39.2 Å². The maximum atomic E-state index is 13.2. The molecule has 4 unspecified atom stereocenters. The van der Waals surface area contributed by atoms with Gasteiger partial charge in [-0.15, -0.1) is 0 Å². The van der Waals surface area contributed by atoms with E-state index in [4.69, 9.17) is 39.1 Å². The molecule has 4 fully saturated rings. The minimum Gasteiger partial charge on any atom is -0.378 e. The second kappa shape index (κ2) is 30.3. The number of anilines is 2. The summed E-state index contributed by atoms with van der Waals surface area (Å²) >= 11 is 3.98. The summed E-state index contributed by atoms with van der Waals surface area (Å²) in [6.07, 6.45) is 3.21. The van der Waals surface area contributed by atoms with Crippen molar-refractivity contribution in [2.45, 2.75) is 203 Å². The predicted octanol–water partition coefficient (Wildman–Crippen LogP) is 17.0. The van der Waals surface area contributed by atoms with E-state index >= 15 is 0 Å². The first-order valence-corrected chi connectivity index (χ1v) is 48.9. The van der Waals surface area contributed by atoms with Gasteiger partial charge >= 0.3 is 12.4 Å². The van der Waals surface area contributed by atoms with Crippen molar-refractivity contribution < 1.29 is 55.5 Å². The predicted molar refractivity (Wildman–Crippen MR) is 369 cm³/mol. The quantitative estimate of drug-likeness (QED) is 0.0206. The van der Waals surface area contributed by atoms with Gasteiger partial charge in [-0.2, -0.15) is 45.6 Å². The Morgan fingerprint density at radius 3 is 1.27 bits per heavy atom. The number of rotatable bonds is 28. The molecule has 6 heterocycles. The summed E-state index contributed by atoms with van der Waals surface area (Å²) in [5.41, 5.74) is 4.75. The van der Waals surface area contributed by atoms with E-state index in [1.807, 2.05) is 0 Å². The van der Waals surface area contributed by atoms with E-state index in [2.05, 4.69) is 120 Å². The molecule has 0 radical (unpaired) electrons. The molecule has 6 aromatic heterocycles. The van der Waals surface area contributed by atoms with Crippen molar-refractivity contribution in [3.63, 3.8) is 0 Å². The van der Waals surface area contributed by atoms with Crippen LogP contribution in [0.4, 0.5) is 38.0 Å². The van der Waals surface area contributed by atoms with Crippen LogP contribution in [0.1, 0.15) is 111 Å². The summed E-state index contributed by atoms with van der Waals surface area (Å²) in [5, 5.41) is 28.9. The molecule has 4 aliphatic rings. The number of hydrogen-bond donors (Lipinski definition) is 2. The maximum Gasteiger partial charge on any atom is 0.420 e. The van der Waals surface area contributed by atoms with E-state index < -0.39 is 68.2 Å². The van der Waals surface area contributed by atoms with Gasteiger partial charge in [0, 0.05) is 117 Å². The van der Waals surface area contributed by atoms with Crippen LogP contribution in [0.3, 0.4) is 0 Å². The fourth-order valence-electron chi connectivity index (χ4n) is 13.1. The lowest BCUT2D eigenvalue weighted by atomic mass is 9.79. The number of ether oxygens (including phenoxy) is 4. The van der Waals surface area contributed by atoms with Crippen LogP contribution in [0.2, 0.25) is 103 Å². The number of hydrogen-bond acceptors (Lipinski definition) is 14. The number of fused-ring (bicyclic) bond motifs is 6. The zero-order chi connectivity index (χ0) is 67.4. The normalized spacial score (nSPS) is 21.1. The minimum absolute atomic E-state index is 0.270. The highest BCUT2D eigenvalue weighted by Crippen LogP contribution is 2.51. The van der Waals surface area contributed by atoms with Crippen LogP contribution in [0.5, 0.6) is 0 Å². The zero-order valence-corrected chi connectivity index (χ0v) is 62.1. The average Bonchev–Trinajstić information content (AvgIpc) is 1.67. The molecule has 6 aromatic rings. The Bertz CT molecular complexity index is 3350. The van der Waals surface area contributed by atoms with Crippen LogP contribution >= 0.6 is 15.9 Å². The molecule has 0 aliphatic heterocycles. The summed E-state index contributed by atoms with van der Waals surface area (Å²) in [5.74, 6) is 5.03. The van der Waals surface area contributed by atoms with Crippen molar-refractivity contribution in [2.75, 3.05) is 63.2 Å². The highest BCUT2D eigenvalue weighted by molar-refractivity contribution is 9.10. The summed E-state index contributed by atoms with van der Waals surface area (Å²) in [6, 6.07) is 11.8. The number of halogens is 7. The summed E-state index contributed by atoms with van der Waals surface area (Å²) in [4.78, 5) is 22.5. The number of aliphatic hydroxyl groups excluding tert-OH is 2. The second-order valence-electron chi connectivity index (χ2n) is 31.5. The molecule has 4 bridgehead atoms. The minimum atomic E-state index is -4.80. The first kappa shape index (κ1) is 73.1. The molecule has 10 rings (SSSR count). The maximum absolute atomic E-state index is 13.2. The molecule has 27 heteroatoms. The molecule has 93 heavy (non-hydrogen) atoms. The lowest BCUT2D eigenvalue weighted by Crippen LogP contribution is -2.34. The zero-order valence-electron chi connectivity index (χ0n) is 56.5. The van der Waals surface area contributed by atoms with Gasteiger partial charge in [-0.25, -0.2) is 9.97 Å². The molecule has 4 aliphatic carbocycles. The van der Waals surface area contributed by atoms with Gasteiger partial charge in [-0.1, -0.05) is 116 Å². The number of nitrogens with zero attached hydrogens (tertiary/aromatic N) is 10. The van der Waals surface area contributed by atoms with E-state index in [9.17, 15) is 36.6 Å². The van der Waals surface area contributed by atoms with Crippen molar-refractivity contribution in [2.24, 2.45) is 23.7 Å². The molecule has 0 amide bonds. The molecule has 0 aromatic carbocycles. The lowest BCUT2D eigenvalue weighted by Gasteiger charge is -2.31. The van der Waals surface area contributed by atoms with Gasteiger partial charge < -0.3 is 39.0 Å². The van der Waals surface area contributed by atoms with Crippen LogP contribution in [-0.2, 0) is 18.9 Å². The van der Waals surface area contributed by atoms with Gasteiger partial charge in [-0.05, 0) is 114 Å². The van der Waals surface area contributed by atoms with Crippen LogP contribution in [-0.4, -0.2) is 147 Å². The number of pyridine rings is 2. The van der Waals surface area contributed by atoms with E-state index in [1.165, 1.54) is 69.1 Å². The fourth-order valence-corrected chi connectivity index (χ4v) is 17.0. The molecule has 4 saturated carbocycles.